The van der Waals surface area contributed by atoms with Crippen LogP contribution >= 0.6 is 11.3 Å². The van der Waals surface area contributed by atoms with Crippen LogP contribution in [0.5, 0.6) is 0 Å². The highest BCUT2D eigenvalue weighted by Crippen LogP contribution is 2.24. The van der Waals surface area contributed by atoms with Crippen LogP contribution in [-0.2, 0) is 6.42 Å². The van der Waals surface area contributed by atoms with E-state index in [1.807, 2.05) is 0 Å². The van der Waals surface area contributed by atoms with Crippen LogP contribution in [0.4, 0.5) is 5.13 Å². The van der Waals surface area contributed by atoms with Gasteiger partial charge in [-0.2, -0.15) is 0 Å². The van der Waals surface area contributed by atoms with Crippen LogP contribution in [0.25, 0.3) is 0 Å². The molecule has 1 aromatic rings. The minimum Gasteiger partial charge on any atom is -0.357 e. The Bertz CT molecular complexity index is 587. The molecule has 2 aliphatic rings. The quantitative estimate of drug-likeness (QED) is 0.487. The second kappa shape index (κ2) is 11.6. The molecule has 2 fully saturated rings. The van der Waals surface area contributed by atoms with E-state index in [0.29, 0.717) is 6.04 Å². The van der Waals surface area contributed by atoms with Crippen LogP contribution in [0, 0.1) is 0 Å². The number of piperidine rings is 1. The van der Waals surface area contributed by atoms with E-state index < -0.39 is 0 Å². The van der Waals surface area contributed by atoms with Gasteiger partial charge >= 0.3 is 0 Å². The zero-order valence-electron chi connectivity index (χ0n) is 17.8. The molecule has 158 valence electrons. The molecule has 0 saturated carbocycles. The Morgan fingerprint density at radius 3 is 2.71 bits per heavy atom. The van der Waals surface area contributed by atoms with E-state index in [1.54, 1.807) is 11.3 Å². The number of aromatic nitrogens is 1. The van der Waals surface area contributed by atoms with E-state index in [0.717, 1.165) is 38.6 Å². The molecule has 1 aromatic heterocycles. The first-order chi connectivity index (χ1) is 13.8. The van der Waals surface area contributed by atoms with Crippen molar-refractivity contribution in [3.05, 3.63) is 11.1 Å². The molecule has 28 heavy (non-hydrogen) atoms. The molecule has 7 heteroatoms. The Hall–Kier alpha value is -1.34. The van der Waals surface area contributed by atoms with Crippen LogP contribution < -0.4 is 15.5 Å². The fraction of sp³-hybridized carbons (Fsp3) is 0.810. The minimum absolute atomic E-state index is 0.539. The number of thiazole rings is 1. The largest absolute Gasteiger partial charge is 0.357 e. The topological polar surface area (TPSA) is 55.8 Å². The minimum atomic E-state index is 0.539. The van der Waals surface area contributed by atoms with Gasteiger partial charge in [-0.3, -0.25) is 4.99 Å². The molecule has 3 rings (SSSR count). The summed E-state index contributed by atoms with van der Waals surface area (Å²) in [6, 6.07) is 0.539. The SMILES string of the molecule is CCCCN1CCC(NC(=NCCc2csc(N3CCCC3)n2)NCC)CC1. The molecule has 0 bridgehead atoms. The van der Waals surface area contributed by atoms with Crippen molar-refractivity contribution in [3.8, 4) is 0 Å². The van der Waals surface area contributed by atoms with Crippen molar-refractivity contribution < 1.29 is 0 Å². The highest BCUT2D eigenvalue weighted by molar-refractivity contribution is 7.13. The van der Waals surface area contributed by atoms with Crippen molar-refractivity contribution in [2.24, 2.45) is 4.99 Å². The van der Waals surface area contributed by atoms with E-state index >= 15 is 0 Å². The lowest BCUT2D eigenvalue weighted by Crippen LogP contribution is -2.48. The molecule has 2 saturated heterocycles. The number of rotatable bonds is 9. The molecule has 3 heterocycles. The molecule has 2 N–H and O–H groups in total. The molecular weight excluding hydrogens is 368 g/mol. The number of likely N-dealkylation sites (tertiary alicyclic amines) is 1. The summed E-state index contributed by atoms with van der Waals surface area (Å²) >= 11 is 1.78. The second-order valence-corrected chi connectivity index (χ2v) is 8.78. The van der Waals surface area contributed by atoms with Crippen molar-refractivity contribution in [2.75, 3.05) is 50.7 Å². The van der Waals surface area contributed by atoms with E-state index in [4.69, 9.17) is 9.98 Å². The summed E-state index contributed by atoms with van der Waals surface area (Å²) in [5.41, 5.74) is 1.18. The molecule has 0 aromatic carbocycles. The maximum Gasteiger partial charge on any atom is 0.191 e. The van der Waals surface area contributed by atoms with Crippen LogP contribution in [0.2, 0.25) is 0 Å². The number of guanidine groups is 1. The van der Waals surface area contributed by atoms with Gasteiger partial charge in [-0.15, -0.1) is 11.3 Å². The zero-order chi connectivity index (χ0) is 19.6. The third kappa shape index (κ3) is 6.62. The van der Waals surface area contributed by atoms with Crippen LogP contribution in [0.1, 0.15) is 58.1 Å². The number of unbranched alkanes of at least 4 members (excludes halogenated alkanes) is 1. The highest BCUT2D eigenvalue weighted by atomic mass is 32.1. The summed E-state index contributed by atoms with van der Waals surface area (Å²) in [6.07, 6.45) is 8.53. The van der Waals surface area contributed by atoms with Gasteiger partial charge in [0.2, 0.25) is 0 Å². The van der Waals surface area contributed by atoms with Crippen LogP contribution in [0.15, 0.2) is 10.4 Å². The standard InChI is InChI=1S/C21H38N6S/c1-3-5-12-26-15-9-18(10-16-26)24-20(22-4-2)23-11-8-19-17-28-21(25-19)27-13-6-7-14-27/h17-18H,3-16H2,1-2H3,(H2,22,23,24). The summed E-state index contributed by atoms with van der Waals surface area (Å²) in [5, 5.41) is 10.5. The normalized spacial score (nSPS) is 19.4. The van der Waals surface area contributed by atoms with E-state index in [2.05, 4.69) is 39.7 Å². The third-order valence-corrected chi connectivity index (χ3v) is 6.60. The molecule has 0 atom stereocenters. The predicted molar refractivity (Wildman–Crippen MR) is 121 cm³/mol. The summed E-state index contributed by atoms with van der Waals surface area (Å²) in [5.74, 6) is 0.963. The Morgan fingerprint density at radius 2 is 2.00 bits per heavy atom. The number of aliphatic imine (C=N–C) groups is 1. The van der Waals surface area contributed by atoms with Crippen molar-refractivity contribution in [3.63, 3.8) is 0 Å². The van der Waals surface area contributed by atoms with Crippen LogP contribution in [-0.4, -0.2) is 67.7 Å². The van der Waals surface area contributed by atoms with Gasteiger partial charge in [0.15, 0.2) is 11.1 Å². The number of anilines is 1. The van der Waals surface area contributed by atoms with Gasteiger partial charge in [-0.1, -0.05) is 13.3 Å². The average molecular weight is 407 g/mol. The van der Waals surface area contributed by atoms with E-state index in [9.17, 15) is 0 Å². The van der Waals surface area contributed by atoms with Crippen molar-refractivity contribution in [1.29, 1.82) is 0 Å². The van der Waals surface area contributed by atoms with Gasteiger partial charge in [-0.25, -0.2) is 4.98 Å². The molecule has 0 radical (unpaired) electrons. The van der Waals surface area contributed by atoms with Gasteiger partial charge < -0.3 is 20.4 Å². The zero-order valence-corrected chi connectivity index (χ0v) is 18.6. The first kappa shape index (κ1) is 21.4. The van der Waals surface area contributed by atoms with Gasteiger partial charge in [0.1, 0.15) is 0 Å². The first-order valence-corrected chi connectivity index (χ1v) is 12.1. The number of hydrogen-bond donors (Lipinski definition) is 2. The fourth-order valence-electron chi connectivity index (χ4n) is 3.94. The summed E-state index contributed by atoms with van der Waals surface area (Å²) in [7, 11) is 0. The summed E-state index contributed by atoms with van der Waals surface area (Å²) < 4.78 is 0. The molecule has 2 aliphatic heterocycles. The Balaban J connectivity index is 1.42. The summed E-state index contributed by atoms with van der Waals surface area (Å²) in [4.78, 5) is 14.6. The lowest BCUT2D eigenvalue weighted by molar-refractivity contribution is 0.203. The predicted octanol–water partition coefficient (Wildman–Crippen LogP) is 3.11. The third-order valence-electron chi connectivity index (χ3n) is 5.65. The Morgan fingerprint density at radius 1 is 1.21 bits per heavy atom. The average Bonchev–Trinajstić information content (AvgIpc) is 3.39. The van der Waals surface area contributed by atoms with Gasteiger partial charge in [0.05, 0.1) is 5.69 Å². The number of hydrogen-bond acceptors (Lipinski definition) is 5. The van der Waals surface area contributed by atoms with Crippen molar-refractivity contribution >= 4 is 22.4 Å². The molecule has 0 spiro atoms. The van der Waals surface area contributed by atoms with Gasteiger partial charge in [-0.05, 0) is 45.6 Å². The van der Waals surface area contributed by atoms with E-state index in [-0.39, 0.29) is 0 Å². The van der Waals surface area contributed by atoms with E-state index in [1.165, 1.54) is 69.0 Å². The van der Waals surface area contributed by atoms with Crippen molar-refractivity contribution in [2.45, 2.75) is 64.8 Å². The van der Waals surface area contributed by atoms with Gasteiger partial charge in [0, 0.05) is 57.1 Å². The Kier molecular flexibility index (Phi) is 8.86. The smallest absolute Gasteiger partial charge is 0.191 e. The monoisotopic (exact) mass is 406 g/mol. The molecule has 6 nitrogen and oxygen atoms in total. The maximum absolute atomic E-state index is 4.81. The Labute approximate surface area is 174 Å². The summed E-state index contributed by atoms with van der Waals surface area (Å²) in [6.45, 7) is 12.1. The van der Waals surface area contributed by atoms with Crippen molar-refractivity contribution in [1.82, 2.24) is 20.5 Å². The molecule has 0 aliphatic carbocycles. The van der Waals surface area contributed by atoms with Crippen LogP contribution in [0.3, 0.4) is 0 Å². The molecule has 0 amide bonds. The molecular formula is C21H38N6S. The maximum atomic E-state index is 4.81. The number of nitrogens with zero attached hydrogens (tertiary/aromatic N) is 4. The lowest BCUT2D eigenvalue weighted by Gasteiger charge is -2.33. The number of nitrogens with one attached hydrogen (secondary N) is 2. The first-order valence-electron chi connectivity index (χ1n) is 11.2. The fourth-order valence-corrected chi connectivity index (χ4v) is 4.86. The highest BCUT2D eigenvalue weighted by Gasteiger charge is 2.19. The second-order valence-electron chi connectivity index (χ2n) is 7.94. The lowest BCUT2D eigenvalue weighted by atomic mass is 10.0. The van der Waals surface area contributed by atoms with Gasteiger partial charge in [0.25, 0.3) is 0 Å². The molecule has 0 unspecified atom stereocenters.